The molecule has 4 aliphatic rings. The third-order valence-electron chi connectivity index (χ3n) is 13.7. The van der Waals surface area contributed by atoms with Crippen LogP contribution >= 0.6 is 0 Å². The number of anilines is 3. The van der Waals surface area contributed by atoms with Crippen LogP contribution in [-0.4, -0.2) is 0 Å². The molecule has 0 saturated heterocycles. The lowest BCUT2D eigenvalue weighted by Gasteiger charge is -2.49. The van der Waals surface area contributed by atoms with Crippen molar-refractivity contribution in [2.45, 2.75) is 111 Å². The van der Waals surface area contributed by atoms with Crippen molar-refractivity contribution in [2.24, 2.45) is 5.92 Å². The smallest absolute Gasteiger partial charge is 0.410 e. The van der Waals surface area contributed by atoms with Gasteiger partial charge < -0.3 is 9.64 Å². The molecule has 1 spiro atoms. The first-order valence-corrected chi connectivity index (χ1v) is 22.6. The van der Waals surface area contributed by atoms with E-state index >= 15 is 0 Å². The van der Waals surface area contributed by atoms with Crippen molar-refractivity contribution in [2.75, 3.05) is 9.80 Å². The first-order chi connectivity index (χ1) is 32.0. The molecule has 6 aromatic carbocycles. The van der Waals surface area contributed by atoms with Crippen molar-refractivity contribution in [3.8, 4) is 50.4 Å². The van der Waals surface area contributed by atoms with Crippen LogP contribution in [-0.2, 0) is 28.5 Å². The molecule has 7 aromatic rings. The highest BCUT2D eigenvalue weighted by molar-refractivity contribution is 6.03. The van der Waals surface area contributed by atoms with E-state index in [0.29, 0.717) is 11.5 Å². The van der Waals surface area contributed by atoms with Gasteiger partial charge >= 0.3 is 5.85 Å². The molecule has 11 rings (SSSR count). The van der Waals surface area contributed by atoms with Crippen LogP contribution in [0.1, 0.15) is 123 Å². The predicted molar refractivity (Wildman–Crippen MR) is 261 cm³/mol. The molecule has 0 saturated carbocycles. The van der Waals surface area contributed by atoms with Crippen LogP contribution in [0.5, 0.6) is 5.75 Å². The summed E-state index contributed by atoms with van der Waals surface area (Å²) in [4.78, 5) is 5.12. The van der Waals surface area contributed by atoms with Gasteiger partial charge in [0.2, 0.25) is 5.69 Å². The predicted octanol–water partition coefficient (Wildman–Crippen LogP) is 14.8. The number of para-hydroxylation sites is 1. The second kappa shape index (κ2) is 13.4. The second-order valence-corrected chi connectivity index (χ2v) is 21.6. The summed E-state index contributed by atoms with van der Waals surface area (Å²) in [5.41, 5.74) is 16.6. The van der Waals surface area contributed by atoms with Crippen LogP contribution in [0.25, 0.3) is 44.6 Å². The Labute approximate surface area is 381 Å². The lowest BCUT2D eigenvalue weighted by Crippen LogP contribution is -2.71. The molecule has 0 bridgehead atoms. The highest BCUT2D eigenvalue weighted by atomic mass is 16.5. The minimum absolute atomic E-state index is 0.168. The van der Waals surface area contributed by atoms with Gasteiger partial charge in [0.25, 0.3) is 0 Å². The van der Waals surface area contributed by atoms with Gasteiger partial charge in [-0.05, 0) is 98.4 Å². The Morgan fingerprint density at radius 1 is 0.651 bits per heavy atom. The number of fused-ring (bicyclic) bond motifs is 5. The quantitative estimate of drug-likeness (QED) is 0.161. The molecule has 0 aliphatic carbocycles. The summed E-state index contributed by atoms with van der Waals surface area (Å²) in [6, 6.07) is 36.4. The molecule has 0 N–H and O–H groups in total. The molecule has 2 atom stereocenters. The van der Waals surface area contributed by atoms with E-state index in [2.05, 4.69) is 182 Å². The van der Waals surface area contributed by atoms with Crippen LogP contribution < -0.4 is 19.1 Å². The molecule has 2 unspecified atom stereocenters. The third-order valence-corrected chi connectivity index (χ3v) is 13.7. The summed E-state index contributed by atoms with van der Waals surface area (Å²) in [6.07, 6.45) is 2.62. The maximum absolute atomic E-state index is 9.05. The van der Waals surface area contributed by atoms with E-state index in [-0.39, 0.29) is 52.1 Å². The second-order valence-electron chi connectivity index (χ2n) is 21.6. The minimum atomic E-state index is -1.24. The number of hydrogen-bond donors (Lipinski definition) is 0. The topological polar surface area (TPSA) is 19.6 Å². The Morgan fingerprint density at radius 2 is 1.37 bits per heavy atom. The Balaban J connectivity index is 1.30. The van der Waals surface area contributed by atoms with Gasteiger partial charge in [-0.15, -0.1) is 4.57 Å². The number of ether oxygens (including phenoxy) is 1. The Morgan fingerprint density at radius 3 is 2.06 bits per heavy atom. The van der Waals surface area contributed by atoms with Crippen LogP contribution in [0.3, 0.4) is 0 Å². The molecule has 4 nitrogen and oxygen atoms in total. The average Bonchev–Trinajstić information content (AvgIpc) is 3.77. The zero-order chi connectivity index (χ0) is 48.3. The fourth-order valence-electron chi connectivity index (χ4n) is 10.6. The number of nitrogens with zero attached hydrogens (tertiary/aromatic N) is 3. The van der Waals surface area contributed by atoms with E-state index in [0.717, 1.165) is 79.4 Å². The number of hydrogen-bond acceptors (Lipinski definition) is 3. The van der Waals surface area contributed by atoms with Gasteiger partial charge in [0.15, 0.2) is 6.20 Å². The zero-order valence-electron chi connectivity index (χ0n) is 43.5. The van der Waals surface area contributed by atoms with E-state index < -0.39 is 11.9 Å². The van der Waals surface area contributed by atoms with Gasteiger partial charge in [-0.3, -0.25) is 0 Å². The molecular formula is C59H60N3O+. The lowest BCUT2D eigenvalue weighted by molar-refractivity contribution is -0.774. The van der Waals surface area contributed by atoms with Gasteiger partial charge in [-0.1, -0.05) is 161 Å². The van der Waals surface area contributed by atoms with Crippen molar-refractivity contribution >= 4 is 17.1 Å². The maximum atomic E-state index is 9.05. The molecule has 0 radical (unpaired) electrons. The van der Waals surface area contributed by atoms with Gasteiger partial charge in [-0.2, -0.15) is 0 Å². The zero-order valence-corrected chi connectivity index (χ0v) is 38.5. The summed E-state index contributed by atoms with van der Waals surface area (Å²) in [5.74, 6) is 0.111. The molecule has 4 aliphatic heterocycles. The van der Waals surface area contributed by atoms with E-state index in [1.807, 2.05) is 18.3 Å². The van der Waals surface area contributed by atoms with Crippen LogP contribution in [0.15, 0.2) is 140 Å². The van der Waals surface area contributed by atoms with Crippen LogP contribution in [0, 0.1) is 5.92 Å². The van der Waals surface area contributed by atoms with Gasteiger partial charge in [-0.25, -0.2) is 4.90 Å². The fraction of sp³-hybridized carbons (Fsp3) is 0.305. The molecule has 5 heterocycles. The van der Waals surface area contributed by atoms with Crippen LogP contribution in [0.4, 0.5) is 17.1 Å². The van der Waals surface area contributed by atoms with Gasteiger partial charge in [0.1, 0.15) is 17.5 Å². The van der Waals surface area contributed by atoms with E-state index in [4.69, 9.17) is 11.6 Å². The SMILES string of the molecule is [2H]c1c([2H])c([2H])c(-c2cc[n+]3c(c2)-c2cc(C(C)(C)C)cc4c2C32Oc3c(cc(C(C)(C)C)cc3C(C)(C)C)C3N(c5ccc(CC(C)C)cc5-c5ccccc5)c5cccc-4c5N32)c([2H])c1[2H]. The molecule has 0 amide bonds. The highest BCUT2D eigenvalue weighted by Crippen LogP contribution is 2.68. The summed E-state index contributed by atoms with van der Waals surface area (Å²) in [5, 5.41) is 0. The largest absolute Gasteiger partial charge is 0.432 e. The lowest BCUT2D eigenvalue weighted by atomic mass is 9.77. The summed E-state index contributed by atoms with van der Waals surface area (Å²) in [7, 11) is 0. The molecule has 1 aromatic heterocycles. The number of benzene rings is 6. The first-order valence-electron chi connectivity index (χ1n) is 25.1. The first kappa shape index (κ1) is 34.4. The summed E-state index contributed by atoms with van der Waals surface area (Å²) < 4.78 is 54.1. The number of pyridine rings is 1. The molecule has 0 fully saturated rings. The summed E-state index contributed by atoms with van der Waals surface area (Å²) in [6.45, 7) is 25.0. The average molecular weight is 832 g/mol. The Bertz CT molecular complexity index is 3270. The molecule has 4 heteroatoms. The van der Waals surface area contributed by atoms with Crippen molar-refractivity contribution in [3.05, 3.63) is 173 Å². The van der Waals surface area contributed by atoms with Gasteiger partial charge in [0, 0.05) is 39.9 Å². The Kier molecular flexibility index (Phi) is 7.33. The molecule has 63 heavy (non-hydrogen) atoms. The minimum Gasteiger partial charge on any atom is -0.410 e. The number of aromatic nitrogens is 1. The standard InChI is InChI=1S/C59H60N3O/c1-36(2)29-37-25-26-49(44(30-37)39-21-16-13-17-22-39)61-50-24-18-23-43-45-32-41(56(3,4)5)33-46-51-31-40(38-19-14-12-15-20-38)27-28-60(51)59(52(45)46)62(53(43)50)55(61)47-34-42(57(6,7)8)35-48(54(47)63-59)58(9,10)11/h12-28,30-36,55H,29H2,1-11H3/q+1/i12D,14D,15D,19D,20D. The van der Waals surface area contributed by atoms with E-state index in [1.54, 1.807) is 0 Å². The van der Waals surface area contributed by atoms with Crippen molar-refractivity contribution in [3.63, 3.8) is 0 Å². The normalized spacial score (nSPS) is 19.0. The fourth-order valence-corrected chi connectivity index (χ4v) is 10.6. The summed E-state index contributed by atoms with van der Waals surface area (Å²) >= 11 is 0. The van der Waals surface area contributed by atoms with E-state index in [1.165, 1.54) is 16.7 Å². The molecule has 316 valence electrons. The number of rotatable bonds is 5. The van der Waals surface area contributed by atoms with Gasteiger partial charge in [0.05, 0.1) is 29.5 Å². The maximum Gasteiger partial charge on any atom is 0.432 e. The van der Waals surface area contributed by atoms with Crippen molar-refractivity contribution in [1.82, 2.24) is 0 Å². The monoisotopic (exact) mass is 832 g/mol. The third kappa shape index (κ3) is 5.82. The van der Waals surface area contributed by atoms with E-state index in [9.17, 15) is 0 Å². The molecular weight excluding hydrogens is 767 g/mol. The van der Waals surface area contributed by atoms with Crippen molar-refractivity contribution in [1.29, 1.82) is 0 Å². The van der Waals surface area contributed by atoms with Crippen LogP contribution in [0.2, 0.25) is 0 Å². The Hall–Kier alpha value is -6.13. The van der Waals surface area contributed by atoms with Crippen molar-refractivity contribution < 1.29 is 16.2 Å². The highest BCUT2D eigenvalue weighted by Gasteiger charge is 2.70.